The quantitative estimate of drug-likeness (QED) is 0.285. The molecule has 0 spiro atoms. The number of ketones is 1. The number of Topliss-reactive ketones (excluding diaryl/α,β-unsaturated/α-hetero) is 1. The molecular weight excluding hydrogens is 462 g/mol. The third-order valence-electron chi connectivity index (χ3n) is 5.76. The van der Waals surface area contributed by atoms with Crippen LogP contribution in [0.25, 0.3) is 5.76 Å². The zero-order chi connectivity index (χ0) is 25.5. The summed E-state index contributed by atoms with van der Waals surface area (Å²) in [7, 11) is 0. The first-order valence-corrected chi connectivity index (χ1v) is 12.3. The van der Waals surface area contributed by atoms with Gasteiger partial charge < -0.3 is 9.84 Å². The minimum absolute atomic E-state index is 0.00574. The first kappa shape index (κ1) is 24.6. The number of hydrogen-bond acceptors (Lipinski definition) is 7. The van der Waals surface area contributed by atoms with E-state index in [1.165, 1.54) is 16.2 Å². The molecule has 1 aliphatic heterocycles. The first-order valence-electron chi connectivity index (χ1n) is 11.5. The highest BCUT2D eigenvalue weighted by atomic mass is 32.1. The average Bonchev–Trinajstić information content (AvgIpc) is 3.33. The van der Waals surface area contributed by atoms with Gasteiger partial charge in [0.1, 0.15) is 16.5 Å². The Morgan fingerprint density at radius 3 is 2.17 bits per heavy atom. The van der Waals surface area contributed by atoms with Crippen LogP contribution in [0, 0.1) is 6.92 Å². The number of aliphatic hydroxyl groups excluding tert-OH is 1. The second-order valence-corrected chi connectivity index (χ2v) is 11.0. The maximum absolute atomic E-state index is 13.3. The minimum atomic E-state index is -0.831. The number of aliphatic hydroxyl groups is 1. The fraction of sp³-hybridized carbons (Fsp3) is 0.333. The lowest BCUT2D eigenvalue weighted by Crippen LogP contribution is -2.29. The maximum atomic E-state index is 13.3. The van der Waals surface area contributed by atoms with Gasteiger partial charge in [-0.05, 0) is 61.6 Å². The maximum Gasteiger partial charge on any atom is 0.301 e. The fourth-order valence-electron chi connectivity index (χ4n) is 4.01. The molecule has 3 aromatic rings. The van der Waals surface area contributed by atoms with E-state index in [1.807, 2.05) is 38.1 Å². The molecule has 0 bridgehead atoms. The Bertz CT molecular complexity index is 1290. The van der Waals surface area contributed by atoms with Crippen molar-refractivity contribution in [2.75, 3.05) is 4.90 Å². The number of hydrogen-bond donors (Lipinski definition) is 1. The predicted octanol–water partition coefficient (Wildman–Crippen LogP) is 5.56. The zero-order valence-corrected chi connectivity index (χ0v) is 21.5. The number of aromatic nitrogens is 2. The number of aryl methyl sites for hydroxylation is 1. The first-order chi connectivity index (χ1) is 16.5. The van der Waals surface area contributed by atoms with Crippen LogP contribution in [-0.4, -0.2) is 33.1 Å². The summed E-state index contributed by atoms with van der Waals surface area (Å²) < 4.78 is 5.68. The topological polar surface area (TPSA) is 92.6 Å². The second kappa shape index (κ2) is 9.26. The SMILES string of the molecule is Cc1nnc(N2C(=O)C(=O)/C(=C(/O)c3ccc(OC(C)C)cc3)C2c2ccc(C(C)(C)C)cc2)s1. The predicted molar refractivity (Wildman–Crippen MR) is 137 cm³/mol. The van der Waals surface area contributed by atoms with Crippen LogP contribution in [-0.2, 0) is 15.0 Å². The number of benzene rings is 2. The molecule has 35 heavy (non-hydrogen) atoms. The largest absolute Gasteiger partial charge is 0.507 e. The molecule has 8 heteroatoms. The normalized spacial score (nSPS) is 17.9. The Morgan fingerprint density at radius 2 is 1.66 bits per heavy atom. The smallest absolute Gasteiger partial charge is 0.301 e. The Balaban J connectivity index is 1.85. The van der Waals surface area contributed by atoms with Gasteiger partial charge in [-0.3, -0.25) is 14.5 Å². The summed E-state index contributed by atoms with van der Waals surface area (Å²) in [6, 6.07) is 13.7. The molecule has 1 fully saturated rings. The van der Waals surface area contributed by atoms with E-state index in [0.717, 1.165) is 5.56 Å². The van der Waals surface area contributed by atoms with E-state index in [9.17, 15) is 14.7 Å². The summed E-state index contributed by atoms with van der Waals surface area (Å²) in [5.41, 5.74) is 2.20. The molecule has 1 aromatic heterocycles. The summed E-state index contributed by atoms with van der Waals surface area (Å²) in [5.74, 6) is -1.10. The van der Waals surface area contributed by atoms with Gasteiger partial charge in [-0.25, -0.2) is 0 Å². The lowest BCUT2D eigenvalue weighted by molar-refractivity contribution is -0.132. The highest BCUT2D eigenvalue weighted by Gasteiger charge is 2.48. The van der Waals surface area contributed by atoms with Crippen LogP contribution in [0.2, 0.25) is 0 Å². The molecule has 1 saturated heterocycles. The third kappa shape index (κ3) is 4.84. The molecule has 0 radical (unpaired) electrons. The number of amides is 1. The van der Waals surface area contributed by atoms with Crippen molar-refractivity contribution >= 4 is 33.9 Å². The molecule has 182 valence electrons. The highest BCUT2D eigenvalue weighted by molar-refractivity contribution is 7.15. The van der Waals surface area contributed by atoms with Crippen molar-refractivity contribution in [3.8, 4) is 5.75 Å². The third-order valence-corrected chi connectivity index (χ3v) is 6.60. The van der Waals surface area contributed by atoms with E-state index in [-0.39, 0.29) is 22.9 Å². The van der Waals surface area contributed by atoms with Gasteiger partial charge in [0, 0.05) is 5.56 Å². The van der Waals surface area contributed by atoms with Crippen LogP contribution in [0.1, 0.15) is 62.4 Å². The van der Waals surface area contributed by atoms with Crippen molar-refractivity contribution in [2.24, 2.45) is 0 Å². The molecule has 1 unspecified atom stereocenters. The lowest BCUT2D eigenvalue weighted by atomic mass is 9.85. The molecule has 2 heterocycles. The van der Waals surface area contributed by atoms with E-state index in [4.69, 9.17) is 4.74 Å². The van der Waals surface area contributed by atoms with Crippen LogP contribution >= 0.6 is 11.3 Å². The summed E-state index contributed by atoms with van der Waals surface area (Å²) in [6.45, 7) is 12.0. The van der Waals surface area contributed by atoms with Crippen LogP contribution in [0.4, 0.5) is 5.13 Å². The van der Waals surface area contributed by atoms with E-state index >= 15 is 0 Å². The van der Waals surface area contributed by atoms with Crippen molar-refractivity contribution < 1.29 is 19.4 Å². The molecule has 0 saturated carbocycles. The zero-order valence-electron chi connectivity index (χ0n) is 20.7. The standard InChI is InChI=1S/C27H29N3O4S/c1-15(2)34-20-13-9-18(10-14-20)23(31)21-22(17-7-11-19(12-8-17)27(4,5)6)30(25(33)24(21)32)26-29-28-16(3)35-26/h7-15,22,31H,1-6H3/b23-21+. The molecule has 1 amide bonds. The van der Waals surface area contributed by atoms with Gasteiger partial charge in [0.2, 0.25) is 5.13 Å². The Labute approximate surface area is 209 Å². The van der Waals surface area contributed by atoms with Crippen LogP contribution in [0.15, 0.2) is 54.1 Å². The van der Waals surface area contributed by atoms with Gasteiger partial charge in [0.15, 0.2) is 0 Å². The number of nitrogens with zero attached hydrogens (tertiary/aromatic N) is 3. The van der Waals surface area contributed by atoms with Gasteiger partial charge >= 0.3 is 5.91 Å². The van der Waals surface area contributed by atoms with Crippen LogP contribution in [0.5, 0.6) is 5.75 Å². The molecule has 0 aliphatic carbocycles. The van der Waals surface area contributed by atoms with E-state index in [0.29, 0.717) is 27.0 Å². The van der Waals surface area contributed by atoms with Crippen molar-refractivity contribution in [1.82, 2.24) is 10.2 Å². The average molecular weight is 492 g/mol. The number of carbonyl (C=O) groups excluding carboxylic acids is 2. The second-order valence-electron chi connectivity index (χ2n) is 9.84. The highest BCUT2D eigenvalue weighted by Crippen LogP contribution is 2.43. The summed E-state index contributed by atoms with van der Waals surface area (Å²) >= 11 is 1.22. The number of ether oxygens (including phenoxy) is 1. The van der Waals surface area contributed by atoms with Gasteiger partial charge in [-0.2, -0.15) is 0 Å². The number of anilines is 1. The van der Waals surface area contributed by atoms with E-state index in [1.54, 1.807) is 31.2 Å². The molecular formula is C27H29N3O4S. The summed E-state index contributed by atoms with van der Waals surface area (Å²) in [4.78, 5) is 27.8. The van der Waals surface area contributed by atoms with E-state index < -0.39 is 17.7 Å². The summed E-state index contributed by atoms with van der Waals surface area (Å²) in [5, 5.41) is 20.4. The Kier molecular flexibility index (Phi) is 6.51. The van der Waals surface area contributed by atoms with Crippen molar-refractivity contribution in [3.05, 3.63) is 75.8 Å². The lowest BCUT2D eigenvalue weighted by Gasteiger charge is -2.24. The monoisotopic (exact) mass is 491 g/mol. The van der Waals surface area contributed by atoms with Crippen molar-refractivity contribution in [1.29, 1.82) is 0 Å². The molecule has 1 N–H and O–H groups in total. The summed E-state index contributed by atoms with van der Waals surface area (Å²) in [6.07, 6.45) is 0.00574. The number of carbonyl (C=O) groups is 2. The van der Waals surface area contributed by atoms with Crippen LogP contribution < -0.4 is 9.64 Å². The van der Waals surface area contributed by atoms with Crippen molar-refractivity contribution in [2.45, 2.75) is 59.1 Å². The fourth-order valence-corrected chi connectivity index (χ4v) is 4.73. The molecule has 4 rings (SSSR count). The Hall–Kier alpha value is -3.52. The van der Waals surface area contributed by atoms with Gasteiger partial charge in [-0.15, -0.1) is 10.2 Å². The molecule has 7 nitrogen and oxygen atoms in total. The molecule has 1 aliphatic rings. The Morgan fingerprint density at radius 1 is 1.03 bits per heavy atom. The molecule has 1 atom stereocenters. The number of rotatable bonds is 5. The van der Waals surface area contributed by atoms with Gasteiger partial charge in [0.25, 0.3) is 5.78 Å². The van der Waals surface area contributed by atoms with Crippen LogP contribution in [0.3, 0.4) is 0 Å². The van der Waals surface area contributed by atoms with Gasteiger partial charge in [-0.1, -0.05) is 56.4 Å². The molecule has 2 aromatic carbocycles. The minimum Gasteiger partial charge on any atom is -0.507 e. The van der Waals surface area contributed by atoms with Crippen molar-refractivity contribution in [3.63, 3.8) is 0 Å². The van der Waals surface area contributed by atoms with Gasteiger partial charge in [0.05, 0.1) is 17.7 Å². The van der Waals surface area contributed by atoms with E-state index in [2.05, 4.69) is 31.0 Å².